The van der Waals surface area contributed by atoms with E-state index in [-0.39, 0.29) is 16.9 Å². The molecule has 1 aliphatic carbocycles. The predicted molar refractivity (Wildman–Crippen MR) is 107 cm³/mol. The van der Waals surface area contributed by atoms with Gasteiger partial charge >= 0.3 is 5.97 Å². The highest BCUT2D eigenvalue weighted by atomic mass is 16.4. The zero-order chi connectivity index (χ0) is 19.1. The summed E-state index contributed by atoms with van der Waals surface area (Å²) in [4.78, 5) is 11.0. The van der Waals surface area contributed by atoms with Gasteiger partial charge in [-0.1, -0.05) is 45.9 Å². The summed E-state index contributed by atoms with van der Waals surface area (Å²) < 4.78 is 0. The molecule has 3 rings (SSSR count). The molecule has 138 valence electrons. The minimum Gasteiger partial charge on any atom is -0.478 e. The maximum absolute atomic E-state index is 11.0. The van der Waals surface area contributed by atoms with E-state index < -0.39 is 5.97 Å². The van der Waals surface area contributed by atoms with Crippen molar-refractivity contribution in [1.82, 2.24) is 0 Å². The summed E-state index contributed by atoms with van der Waals surface area (Å²) in [5.41, 5.74) is 5.82. The van der Waals surface area contributed by atoms with Gasteiger partial charge in [0.15, 0.2) is 0 Å². The van der Waals surface area contributed by atoms with Gasteiger partial charge in [0, 0.05) is 11.7 Å². The van der Waals surface area contributed by atoms with Gasteiger partial charge in [0.1, 0.15) is 0 Å². The van der Waals surface area contributed by atoms with E-state index in [9.17, 15) is 4.79 Å². The molecule has 0 saturated heterocycles. The Bertz CT molecular complexity index is 819. The lowest BCUT2D eigenvalue weighted by Gasteiger charge is -2.42. The second-order valence-electron chi connectivity index (χ2n) is 8.82. The van der Waals surface area contributed by atoms with Crippen LogP contribution in [0.3, 0.4) is 0 Å². The van der Waals surface area contributed by atoms with Crippen LogP contribution in [0.5, 0.6) is 0 Å². The molecule has 2 N–H and O–H groups in total. The predicted octanol–water partition coefficient (Wildman–Crippen LogP) is 5.91. The van der Waals surface area contributed by atoms with Crippen LogP contribution in [0.1, 0.15) is 80.6 Å². The minimum absolute atomic E-state index is 0.107. The van der Waals surface area contributed by atoms with Gasteiger partial charge in [-0.3, -0.25) is 0 Å². The fourth-order valence-corrected chi connectivity index (χ4v) is 3.93. The first-order valence-electron chi connectivity index (χ1n) is 9.35. The van der Waals surface area contributed by atoms with Gasteiger partial charge in [0.05, 0.1) is 5.56 Å². The summed E-state index contributed by atoms with van der Waals surface area (Å²) in [5.74, 6) is -0.892. The normalized spacial score (nSPS) is 18.7. The number of carbonyl (C=O) groups is 1. The van der Waals surface area contributed by atoms with Crippen molar-refractivity contribution in [3.63, 3.8) is 0 Å². The quantitative estimate of drug-likeness (QED) is 0.720. The van der Waals surface area contributed by atoms with E-state index in [2.05, 4.69) is 58.1 Å². The van der Waals surface area contributed by atoms with Crippen molar-refractivity contribution in [3.05, 3.63) is 64.7 Å². The number of nitrogens with one attached hydrogen (secondary N) is 1. The molecule has 1 unspecified atom stereocenters. The molecule has 0 radical (unpaired) electrons. The van der Waals surface area contributed by atoms with Crippen LogP contribution < -0.4 is 5.32 Å². The van der Waals surface area contributed by atoms with Crippen LogP contribution in [0.15, 0.2) is 42.5 Å². The van der Waals surface area contributed by atoms with Gasteiger partial charge in [0.2, 0.25) is 0 Å². The Morgan fingerprint density at radius 3 is 2.12 bits per heavy atom. The topological polar surface area (TPSA) is 49.3 Å². The lowest BCUT2D eigenvalue weighted by atomic mass is 9.63. The molecular weight excluding hydrogens is 322 g/mol. The van der Waals surface area contributed by atoms with E-state index in [0.717, 1.165) is 11.3 Å². The molecule has 26 heavy (non-hydrogen) atoms. The molecule has 0 spiro atoms. The first kappa shape index (κ1) is 18.5. The number of carboxylic acids is 1. The monoisotopic (exact) mass is 351 g/mol. The maximum atomic E-state index is 11.0. The summed E-state index contributed by atoms with van der Waals surface area (Å²) in [6.45, 7) is 11.4. The van der Waals surface area contributed by atoms with Gasteiger partial charge < -0.3 is 10.4 Å². The van der Waals surface area contributed by atoms with E-state index in [4.69, 9.17) is 5.11 Å². The molecule has 0 bridgehead atoms. The Balaban J connectivity index is 1.85. The number of hydrogen-bond donors (Lipinski definition) is 2. The number of fused-ring (bicyclic) bond motifs is 1. The Hall–Kier alpha value is -2.29. The number of hydrogen-bond acceptors (Lipinski definition) is 2. The van der Waals surface area contributed by atoms with E-state index >= 15 is 0 Å². The number of rotatable bonds is 4. The maximum Gasteiger partial charge on any atom is 0.335 e. The van der Waals surface area contributed by atoms with Crippen LogP contribution in [0, 0.1) is 0 Å². The Labute approximate surface area is 156 Å². The molecule has 0 aromatic heterocycles. The summed E-state index contributed by atoms with van der Waals surface area (Å²) >= 11 is 0. The first-order valence-corrected chi connectivity index (χ1v) is 9.35. The van der Waals surface area contributed by atoms with Crippen molar-refractivity contribution >= 4 is 11.7 Å². The molecule has 1 atom stereocenters. The smallest absolute Gasteiger partial charge is 0.335 e. The lowest BCUT2D eigenvalue weighted by Crippen LogP contribution is -2.33. The van der Waals surface area contributed by atoms with Crippen LogP contribution in [-0.2, 0) is 10.8 Å². The number of carboxylic acid groups (broad SMARTS) is 1. The minimum atomic E-state index is -0.892. The molecule has 3 heteroatoms. The van der Waals surface area contributed by atoms with Gasteiger partial charge in [-0.25, -0.2) is 4.79 Å². The molecule has 0 fully saturated rings. The zero-order valence-corrected chi connectivity index (χ0v) is 16.4. The van der Waals surface area contributed by atoms with Crippen LogP contribution in [0.4, 0.5) is 5.69 Å². The molecule has 2 aromatic carbocycles. The van der Waals surface area contributed by atoms with Crippen molar-refractivity contribution < 1.29 is 9.90 Å². The summed E-state index contributed by atoms with van der Waals surface area (Å²) in [6, 6.07) is 13.9. The third kappa shape index (κ3) is 3.48. The van der Waals surface area contributed by atoms with Gasteiger partial charge in [-0.2, -0.15) is 0 Å². The third-order valence-corrected chi connectivity index (χ3v) is 5.89. The van der Waals surface area contributed by atoms with Crippen molar-refractivity contribution in [2.75, 3.05) is 5.32 Å². The highest BCUT2D eigenvalue weighted by Gasteiger charge is 2.36. The molecule has 0 heterocycles. The molecule has 0 saturated carbocycles. The van der Waals surface area contributed by atoms with Crippen molar-refractivity contribution in [2.45, 2.75) is 64.3 Å². The molecule has 1 aliphatic rings. The average molecular weight is 351 g/mol. The summed E-state index contributed by atoms with van der Waals surface area (Å²) in [7, 11) is 0. The molecular formula is C23H29NO2. The average Bonchev–Trinajstić information content (AvgIpc) is 2.59. The van der Waals surface area contributed by atoms with Crippen molar-refractivity contribution in [3.8, 4) is 0 Å². The van der Waals surface area contributed by atoms with Crippen LogP contribution in [-0.4, -0.2) is 11.1 Å². The number of benzene rings is 2. The first-order chi connectivity index (χ1) is 12.1. The van der Waals surface area contributed by atoms with Crippen LogP contribution in [0.2, 0.25) is 0 Å². The molecule has 2 aromatic rings. The Morgan fingerprint density at radius 2 is 1.54 bits per heavy atom. The summed E-state index contributed by atoms with van der Waals surface area (Å²) in [5, 5.41) is 12.6. The second-order valence-corrected chi connectivity index (χ2v) is 8.82. The highest BCUT2D eigenvalue weighted by Crippen LogP contribution is 2.46. The van der Waals surface area contributed by atoms with E-state index in [0.29, 0.717) is 5.56 Å². The summed E-state index contributed by atoms with van der Waals surface area (Å²) in [6.07, 6.45) is 2.41. The lowest BCUT2D eigenvalue weighted by molar-refractivity contribution is 0.0697. The highest BCUT2D eigenvalue weighted by molar-refractivity contribution is 5.87. The SMILES string of the molecule is CC(Nc1ccc2c(c1)C(C)(C)CCC2(C)C)c1ccc(C(=O)O)cc1. The fraction of sp³-hybridized carbons (Fsp3) is 0.435. The van der Waals surface area contributed by atoms with Gasteiger partial charge in [0.25, 0.3) is 0 Å². The van der Waals surface area contributed by atoms with E-state index in [1.54, 1.807) is 12.1 Å². The van der Waals surface area contributed by atoms with E-state index in [1.807, 2.05) is 12.1 Å². The van der Waals surface area contributed by atoms with Crippen molar-refractivity contribution in [1.29, 1.82) is 0 Å². The second kappa shape index (κ2) is 6.46. The number of aromatic carboxylic acids is 1. The van der Waals surface area contributed by atoms with Gasteiger partial charge in [-0.15, -0.1) is 0 Å². The number of anilines is 1. The van der Waals surface area contributed by atoms with Crippen LogP contribution >= 0.6 is 0 Å². The van der Waals surface area contributed by atoms with Crippen molar-refractivity contribution in [2.24, 2.45) is 0 Å². The largest absolute Gasteiger partial charge is 0.478 e. The fourth-order valence-electron chi connectivity index (χ4n) is 3.93. The Kier molecular flexibility index (Phi) is 4.60. The third-order valence-electron chi connectivity index (χ3n) is 5.89. The molecule has 3 nitrogen and oxygen atoms in total. The molecule has 0 amide bonds. The van der Waals surface area contributed by atoms with E-state index in [1.165, 1.54) is 24.0 Å². The Morgan fingerprint density at radius 1 is 0.962 bits per heavy atom. The van der Waals surface area contributed by atoms with Crippen LogP contribution in [0.25, 0.3) is 0 Å². The zero-order valence-electron chi connectivity index (χ0n) is 16.4. The standard InChI is InChI=1S/C23H29NO2/c1-15(16-6-8-17(9-7-16)21(25)26)24-18-10-11-19-20(14-18)23(4,5)13-12-22(19,2)3/h6-11,14-15,24H,12-13H2,1-5H3,(H,25,26). The van der Waals surface area contributed by atoms with Gasteiger partial charge in [-0.05, 0) is 71.6 Å². The molecule has 0 aliphatic heterocycles.